The van der Waals surface area contributed by atoms with E-state index in [2.05, 4.69) is 25.8 Å². The summed E-state index contributed by atoms with van der Waals surface area (Å²) in [5.41, 5.74) is 5.77. The van der Waals surface area contributed by atoms with Gasteiger partial charge in [0.25, 0.3) is 0 Å². The molecule has 0 aliphatic rings. The smallest absolute Gasteiger partial charge is 0.0656 e. The quantitative estimate of drug-likeness (QED) is 0.606. The molecule has 0 aromatic rings. The van der Waals surface area contributed by atoms with Crippen molar-refractivity contribution in [1.29, 1.82) is 0 Å². The standard InChI is InChI=1S/C11H26N2O/c1-5-6-7-8-13(3)11(2,9-12)10-14-4/h5-10,12H2,1-4H3. The van der Waals surface area contributed by atoms with E-state index in [1.807, 2.05) is 0 Å². The number of ether oxygens (including phenoxy) is 1. The van der Waals surface area contributed by atoms with Crippen LogP contribution in [0.4, 0.5) is 0 Å². The predicted molar refractivity (Wildman–Crippen MR) is 61.5 cm³/mol. The van der Waals surface area contributed by atoms with E-state index < -0.39 is 0 Å². The molecule has 0 aromatic heterocycles. The minimum Gasteiger partial charge on any atom is -0.383 e. The monoisotopic (exact) mass is 202 g/mol. The van der Waals surface area contributed by atoms with Crippen LogP contribution in [-0.4, -0.2) is 44.3 Å². The van der Waals surface area contributed by atoms with Gasteiger partial charge in [-0.05, 0) is 26.9 Å². The van der Waals surface area contributed by atoms with Gasteiger partial charge in [-0.25, -0.2) is 0 Å². The van der Waals surface area contributed by atoms with Gasteiger partial charge in [0.05, 0.1) is 12.1 Å². The van der Waals surface area contributed by atoms with E-state index in [0.717, 1.165) is 6.54 Å². The van der Waals surface area contributed by atoms with Crippen LogP contribution >= 0.6 is 0 Å². The van der Waals surface area contributed by atoms with Gasteiger partial charge in [-0.15, -0.1) is 0 Å². The molecule has 0 spiro atoms. The third-order valence-electron chi connectivity index (χ3n) is 2.91. The third-order valence-corrected chi connectivity index (χ3v) is 2.91. The fourth-order valence-electron chi connectivity index (χ4n) is 1.50. The molecular formula is C11H26N2O. The first-order valence-corrected chi connectivity index (χ1v) is 5.51. The van der Waals surface area contributed by atoms with Gasteiger partial charge in [0.1, 0.15) is 0 Å². The van der Waals surface area contributed by atoms with E-state index in [0.29, 0.717) is 13.2 Å². The van der Waals surface area contributed by atoms with Gasteiger partial charge < -0.3 is 10.5 Å². The van der Waals surface area contributed by atoms with E-state index in [4.69, 9.17) is 10.5 Å². The van der Waals surface area contributed by atoms with Crippen LogP contribution < -0.4 is 5.73 Å². The Labute approximate surface area is 88.6 Å². The first kappa shape index (κ1) is 13.9. The Morgan fingerprint density at radius 2 is 2.00 bits per heavy atom. The van der Waals surface area contributed by atoms with Crippen LogP contribution in [0.25, 0.3) is 0 Å². The fraction of sp³-hybridized carbons (Fsp3) is 1.00. The Morgan fingerprint density at radius 1 is 1.36 bits per heavy atom. The third kappa shape index (κ3) is 4.40. The Morgan fingerprint density at radius 3 is 2.43 bits per heavy atom. The van der Waals surface area contributed by atoms with Crippen molar-refractivity contribution in [3.63, 3.8) is 0 Å². The van der Waals surface area contributed by atoms with E-state index in [-0.39, 0.29) is 5.54 Å². The molecule has 3 heteroatoms. The molecule has 3 nitrogen and oxygen atoms in total. The van der Waals surface area contributed by atoms with E-state index >= 15 is 0 Å². The summed E-state index contributed by atoms with van der Waals surface area (Å²) < 4.78 is 5.20. The SMILES string of the molecule is CCCCCN(C)C(C)(CN)COC. The maximum atomic E-state index is 5.78. The topological polar surface area (TPSA) is 38.5 Å². The average Bonchev–Trinajstić information content (AvgIpc) is 2.18. The van der Waals surface area contributed by atoms with Gasteiger partial charge in [-0.3, -0.25) is 4.90 Å². The highest BCUT2D eigenvalue weighted by atomic mass is 16.5. The molecule has 0 rings (SSSR count). The van der Waals surface area contributed by atoms with Crippen LogP contribution in [0.3, 0.4) is 0 Å². The predicted octanol–water partition coefficient (Wildman–Crippen LogP) is 1.47. The van der Waals surface area contributed by atoms with Gasteiger partial charge in [0.15, 0.2) is 0 Å². The summed E-state index contributed by atoms with van der Waals surface area (Å²) in [5, 5.41) is 0. The van der Waals surface area contributed by atoms with Crippen LogP contribution in [0, 0.1) is 0 Å². The highest BCUT2D eigenvalue weighted by Crippen LogP contribution is 2.13. The summed E-state index contributed by atoms with van der Waals surface area (Å²) in [6.45, 7) is 6.82. The Kier molecular flexibility index (Phi) is 7.15. The Balaban J connectivity index is 3.95. The fourth-order valence-corrected chi connectivity index (χ4v) is 1.50. The number of nitrogens with zero attached hydrogens (tertiary/aromatic N) is 1. The molecule has 0 bridgehead atoms. The molecule has 0 aromatic carbocycles. The lowest BCUT2D eigenvalue weighted by atomic mass is 10.0. The maximum absolute atomic E-state index is 5.78. The molecule has 0 aliphatic carbocycles. The van der Waals surface area contributed by atoms with Crippen molar-refractivity contribution < 1.29 is 4.74 Å². The van der Waals surface area contributed by atoms with Crippen molar-refractivity contribution in [2.45, 2.75) is 38.6 Å². The summed E-state index contributed by atoms with van der Waals surface area (Å²) in [4.78, 5) is 2.31. The zero-order valence-electron chi connectivity index (χ0n) is 10.2. The number of nitrogens with two attached hydrogens (primary N) is 1. The first-order chi connectivity index (χ1) is 6.60. The molecule has 0 amide bonds. The minimum absolute atomic E-state index is 0.0114. The Hall–Kier alpha value is -0.120. The summed E-state index contributed by atoms with van der Waals surface area (Å²) >= 11 is 0. The van der Waals surface area contributed by atoms with Crippen molar-refractivity contribution in [3.05, 3.63) is 0 Å². The largest absolute Gasteiger partial charge is 0.383 e. The van der Waals surface area contributed by atoms with Crippen LogP contribution in [0.2, 0.25) is 0 Å². The van der Waals surface area contributed by atoms with Gasteiger partial charge in [-0.1, -0.05) is 19.8 Å². The normalized spacial score (nSPS) is 15.9. The number of unbranched alkanes of at least 4 members (excludes halogenated alkanes) is 2. The van der Waals surface area contributed by atoms with Crippen LogP contribution in [0.5, 0.6) is 0 Å². The molecule has 0 saturated carbocycles. The number of rotatable bonds is 8. The van der Waals surface area contributed by atoms with Gasteiger partial charge in [0, 0.05) is 13.7 Å². The van der Waals surface area contributed by atoms with E-state index in [1.54, 1.807) is 7.11 Å². The molecule has 1 unspecified atom stereocenters. The van der Waals surface area contributed by atoms with Crippen molar-refractivity contribution in [3.8, 4) is 0 Å². The highest BCUT2D eigenvalue weighted by Gasteiger charge is 2.26. The van der Waals surface area contributed by atoms with Crippen LogP contribution in [-0.2, 0) is 4.74 Å². The molecule has 0 aliphatic heterocycles. The number of hydrogen-bond donors (Lipinski definition) is 1. The minimum atomic E-state index is -0.0114. The summed E-state index contributed by atoms with van der Waals surface area (Å²) in [6, 6.07) is 0. The second-order valence-electron chi connectivity index (χ2n) is 4.26. The average molecular weight is 202 g/mol. The van der Waals surface area contributed by atoms with Crippen molar-refractivity contribution >= 4 is 0 Å². The van der Waals surface area contributed by atoms with Crippen molar-refractivity contribution in [2.75, 3.05) is 33.9 Å². The molecule has 0 saturated heterocycles. The van der Waals surface area contributed by atoms with Gasteiger partial charge in [-0.2, -0.15) is 0 Å². The Bertz CT molecular complexity index is 141. The summed E-state index contributed by atoms with van der Waals surface area (Å²) in [7, 11) is 3.86. The molecule has 86 valence electrons. The molecule has 2 N–H and O–H groups in total. The molecule has 0 heterocycles. The van der Waals surface area contributed by atoms with Crippen LogP contribution in [0.15, 0.2) is 0 Å². The lowest BCUT2D eigenvalue weighted by Crippen LogP contribution is -2.53. The van der Waals surface area contributed by atoms with Gasteiger partial charge >= 0.3 is 0 Å². The first-order valence-electron chi connectivity index (χ1n) is 5.51. The summed E-state index contributed by atoms with van der Waals surface area (Å²) in [6.07, 6.45) is 3.79. The molecular weight excluding hydrogens is 176 g/mol. The van der Waals surface area contributed by atoms with Gasteiger partial charge in [0.2, 0.25) is 0 Å². The second kappa shape index (κ2) is 7.21. The van der Waals surface area contributed by atoms with Crippen molar-refractivity contribution in [2.24, 2.45) is 5.73 Å². The molecule has 0 fully saturated rings. The second-order valence-corrected chi connectivity index (χ2v) is 4.26. The van der Waals surface area contributed by atoms with Crippen LogP contribution in [0.1, 0.15) is 33.1 Å². The van der Waals surface area contributed by atoms with Crippen molar-refractivity contribution in [1.82, 2.24) is 4.90 Å². The lowest BCUT2D eigenvalue weighted by Gasteiger charge is -2.37. The van der Waals surface area contributed by atoms with E-state index in [9.17, 15) is 0 Å². The number of hydrogen-bond acceptors (Lipinski definition) is 3. The lowest BCUT2D eigenvalue weighted by molar-refractivity contribution is 0.0427. The van der Waals surface area contributed by atoms with E-state index in [1.165, 1.54) is 19.3 Å². The molecule has 0 radical (unpaired) electrons. The number of methoxy groups -OCH3 is 1. The summed E-state index contributed by atoms with van der Waals surface area (Å²) in [5.74, 6) is 0. The highest BCUT2D eigenvalue weighted by molar-refractivity contribution is 4.85. The molecule has 1 atom stereocenters. The zero-order chi connectivity index (χ0) is 11.0. The molecule has 14 heavy (non-hydrogen) atoms. The maximum Gasteiger partial charge on any atom is 0.0656 e. The zero-order valence-corrected chi connectivity index (χ0v) is 10.2. The number of likely N-dealkylation sites (N-methyl/N-ethyl adjacent to an activating group) is 1.